The lowest BCUT2D eigenvalue weighted by Gasteiger charge is -2.22. The zero-order valence-corrected chi connectivity index (χ0v) is 13.7. The van der Waals surface area contributed by atoms with E-state index in [9.17, 15) is 0 Å². The van der Waals surface area contributed by atoms with Gasteiger partial charge in [-0.15, -0.1) is 0 Å². The average molecular weight is 337 g/mol. The Labute approximate surface area is 145 Å². The fourth-order valence-electron chi connectivity index (χ4n) is 2.15. The molecule has 0 saturated heterocycles. The van der Waals surface area contributed by atoms with Crippen molar-refractivity contribution in [1.82, 2.24) is 29.9 Å². The van der Waals surface area contributed by atoms with Crippen LogP contribution in [-0.2, 0) is 0 Å². The third-order valence-electron chi connectivity index (χ3n) is 3.30. The molecule has 0 bridgehead atoms. The third kappa shape index (κ3) is 5.34. The number of hydrogen-bond acceptors (Lipinski definition) is 9. The number of rotatable bonds is 9. The molecule has 3 aromatic heterocycles. The van der Waals surface area contributed by atoms with Gasteiger partial charge in [0, 0.05) is 63.4 Å². The van der Waals surface area contributed by atoms with Crippen LogP contribution in [0.3, 0.4) is 0 Å². The number of nitrogens with zero attached hydrogens (tertiary/aromatic N) is 7. The topological polar surface area (TPSA) is 105 Å². The molecule has 0 unspecified atom stereocenters. The molecule has 0 amide bonds. The molecule has 25 heavy (non-hydrogen) atoms. The Balaban J connectivity index is 1.54. The molecule has 3 heterocycles. The molecule has 0 atom stereocenters. The maximum Gasteiger partial charge on any atom is 0.225 e. The standard InChI is InChI=1S/C16H19N9/c1-4-17-14(18-5-1)21-10-12-25(16-23-8-3-9-24-16)13-11-22-15-19-6-2-7-20-15/h1-9H,10-13H2,(H,17,18,21)(H,19,20,22). The van der Waals surface area contributed by atoms with Crippen LogP contribution in [0.4, 0.5) is 17.8 Å². The highest BCUT2D eigenvalue weighted by atomic mass is 15.3. The molecule has 9 heteroatoms. The Hall–Kier alpha value is -3.36. The van der Waals surface area contributed by atoms with Crippen LogP contribution in [0.1, 0.15) is 0 Å². The molecular formula is C16H19N9. The molecule has 0 aliphatic rings. The van der Waals surface area contributed by atoms with Crippen molar-refractivity contribution in [3.8, 4) is 0 Å². The summed E-state index contributed by atoms with van der Waals surface area (Å²) >= 11 is 0. The maximum absolute atomic E-state index is 4.33. The summed E-state index contributed by atoms with van der Waals surface area (Å²) in [5.41, 5.74) is 0. The maximum atomic E-state index is 4.33. The van der Waals surface area contributed by atoms with Crippen LogP contribution in [0.15, 0.2) is 55.4 Å². The zero-order chi connectivity index (χ0) is 17.2. The van der Waals surface area contributed by atoms with E-state index in [4.69, 9.17) is 0 Å². The molecule has 0 radical (unpaired) electrons. The van der Waals surface area contributed by atoms with E-state index in [1.165, 1.54) is 0 Å². The van der Waals surface area contributed by atoms with E-state index >= 15 is 0 Å². The third-order valence-corrected chi connectivity index (χ3v) is 3.30. The zero-order valence-electron chi connectivity index (χ0n) is 13.7. The fourth-order valence-corrected chi connectivity index (χ4v) is 2.15. The van der Waals surface area contributed by atoms with Gasteiger partial charge < -0.3 is 15.5 Å². The van der Waals surface area contributed by atoms with Crippen LogP contribution in [0.5, 0.6) is 0 Å². The molecule has 0 saturated carbocycles. The van der Waals surface area contributed by atoms with Gasteiger partial charge in [-0.05, 0) is 18.2 Å². The van der Waals surface area contributed by atoms with E-state index in [1.807, 2.05) is 0 Å². The summed E-state index contributed by atoms with van der Waals surface area (Å²) in [7, 11) is 0. The monoisotopic (exact) mass is 337 g/mol. The predicted octanol–water partition coefficient (Wildman–Crippen LogP) is 1.09. The van der Waals surface area contributed by atoms with Gasteiger partial charge in [0.1, 0.15) is 0 Å². The van der Waals surface area contributed by atoms with Crippen LogP contribution >= 0.6 is 0 Å². The lowest BCUT2D eigenvalue weighted by Crippen LogP contribution is -2.35. The Morgan fingerprint density at radius 3 is 1.44 bits per heavy atom. The van der Waals surface area contributed by atoms with Crippen molar-refractivity contribution >= 4 is 17.8 Å². The normalized spacial score (nSPS) is 10.2. The van der Waals surface area contributed by atoms with Crippen molar-refractivity contribution in [2.24, 2.45) is 0 Å². The van der Waals surface area contributed by atoms with Crippen LogP contribution < -0.4 is 15.5 Å². The molecule has 0 fully saturated rings. The van der Waals surface area contributed by atoms with E-state index in [2.05, 4.69) is 45.4 Å². The first-order valence-electron chi connectivity index (χ1n) is 7.95. The van der Waals surface area contributed by atoms with Gasteiger partial charge in [0.25, 0.3) is 0 Å². The van der Waals surface area contributed by atoms with Crippen molar-refractivity contribution in [3.05, 3.63) is 55.4 Å². The minimum atomic E-state index is 0.604. The van der Waals surface area contributed by atoms with Crippen molar-refractivity contribution in [3.63, 3.8) is 0 Å². The van der Waals surface area contributed by atoms with Gasteiger partial charge in [-0.1, -0.05) is 0 Å². The summed E-state index contributed by atoms with van der Waals surface area (Å²) in [6.45, 7) is 2.76. The van der Waals surface area contributed by atoms with Gasteiger partial charge in [0.05, 0.1) is 0 Å². The lowest BCUT2D eigenvalue weighted by atomic mass is 10.4. The predicted molar refractivity (Wildman–Crippen MR) is 95.3 cm³/mol. The van der Waals surface area contributed by atoms with Gasteiger partial charge in [0.15, 0.2) is 0 Å². The molecule has 0 aliphatic heterocycles. The Morgan fingerprint density at radius 1 is 0.600 bits per heavy atom. The molecule has 3 aromatic rings. The Morgan fingerprint density at radius 2 is 1.00 bits per heavy atom. The van der Waals surface area contributed by atoms with E-state index < -0.39 is 0 Å². The summed E-state index contributed by atoms with van der Waals surface area (Å²) in [5.74, 6) is 1.88. The Kier molecular flexibility index (Phi) is 5.98. The van der Waals surface area contributed by atoms with Crippen molar-refractivity contribution in [2.45, 2.75) is 0 Å². The molecule has 128 valence electrons. The van der Waals surface area contributed by atoms with E-state index in [0.29, 0.717) is 44.0 Å². The summed E-state index contributed by atoms with van der Waals surface area (Å²) in [5, 5.41) is 6.38. The minimum absolute atomic E-state index is 0.604. The highest BCUT2D eigenvalue weighted by Crippen LogP contribution is 2.05. The van der Waals surface area contributed by atoms with Crippen molar-refractivity contribution in [2.75, 3.05) is 41.7 Å². The first kappa shape index (κ1) is 16.5. The number of hydrogen-bond donors (Lipinski definition) is 2. The second-order valence-electron chi connectivity index (χ2n) is 5.03. The highest BCUT2D eigenvalue weighted by molar-refractivity contribution is 5.31. The van der Waals surface area contributed by atoms with Crippen molar-refractivity contribution in [1.29, 1.82) is 0 Å². The first-order chi connectivity index (χ1) is 12.4. The van der Waals surface area contributed by atoms with Crippen LogP contribution in [0.25, 0.3) is 0 Å². The smallest absolute Gasteiger partial charge is 0.225 e. The van der Waals surface area contributed by atoms with E-state index in [0.717, 1.165) is 0 Å². The molecule has 2 N–H and O–H groups in total. The van der Waals surface area contributed by atoms with Gasteiger partial charge in [0.2, 0.25) is 17.8 Å². The Bertz CT molecular complexity index is 679. The fraction of sp³-hybridized carbons (Fsp3) is 0.250. The minimum Gasteiger partial charge on any atom is -0.352 e. The van der Waals surface area contributed by atoms with Crippen molar-refractivity contribution < 1.29 is 0 Å². The van der Waals surface area contributed by atoms with E-state index in [1.54, 1.807) is 55.4 Å². The largest absolute Gasteiger partial charge is 0.352 e. The molecule has 0 spiro atoms. The molecule has 3 rings (SSSR count). The van der Waals surface area contributed by atoms with Gasteiger partial charge in [-0.3, -0.25) is 0 Å². The highest BCUT2D eigenvalue weighted by Gasteiger charge is 2.09. The quantitative estimate of drug-likeness (QED) is 0.593. The summed E-state index contributed by atoms with van der Waals surface area (Å²) in [4.78, 5) is 27.3. The second-order valence-corrected chi connectivity index (χ2v) is 5.03. The number of anilines is 3. The second kappa shape index (κ2) is 9.06. The molecular weight excluding hydrogens is 318 g/mol. The summed E-state index contributed by atoms with van der Waals surface area (Å²) in [6.07, 6.45) is 10.3. The van der Waals surface area contributed by atoms with Gasteiger partial charge in [-0.25, -0.2) is 29.9 Å². The van der Waals surface area contributed by atoms with Crippen LogP contribution in [0.2, 0.25) is 0 Å². The molecule has 0 aromatic carbocycles. The van der Waals surface area contributed by atoms with Crippen LogP contribution in [-0.4, -0.2) is 56.1 Å². The lowest BCUT2D eigenvalue weighted by molar-refractivity contribution is 0.772. The summed E-state index contributed by atoms with van der Waals surface area (Å²) < 4.78 is 0. The molecule has 9 nitrogen and oxygen atoms in total. The first-order valence-corrected chi connectivity index (χ1v) is 7.95. The van der Waals surface area contributed by atoms with Crippen LogP contribution in [0, 0.1) is 0 Å². The average Bonchev–Trinajstić information content (AvgIpc) is 2.69. The van der Waals surface area contributed by atoms with E-state index in [-0.39, 0.29) is 0 Å². The SMILES string of the molecule is c1cnc(NCCN(CCNc2ncccn2)c2ncccn2)nc1. The number of aromatic nitrogens is 6. The van der Waals surface area contributed by atoms with Gasteiger partial charge >= 0.3 is 0 Å². The molecule has 0 aliphatic carbocycles. The van der Waals surface area contributed by atoms with Gasteiger partial charge in [-0.2, -0.15) is 0 Å². The summed E-state index contributed by atoms with van der Waals surface area (Å²) in [6, 6.07) is 5.37. The number of nitrogens with one attached hydrogen (secondary N) is 2.